The number of carbonyl (C=O) groups is 1. The molecule has 0 radical (unpaired) electrons. The van der Waals surface area contributed by atoms with Crippen LogP contribution in [-0.4, -0.2) is 24.9 Å². The lowest BCUT2D eigenvalue weighted by molar-refractivity contribution is -0.107. The van der Waals surface area contributed by atoms with Crippen molar-refractivity contribution in [3.05, 3.63) is 41.7 Å². The van der Waals surface area contributed by atoms with Crippen LogP contribution in [0.3, 0.4) is 0 Å². The van der Waals surface area contributed by atoms with Gasteiger partial charge in [0.25, 0.3) is 0 Å². The van der Waals surface area contributed by atoms with Gasteiger partial charge in [0, 0.05) is 11.3 Å². The molecule has 0 amide bonds. The van der Waals surface area contributed by atoms with Gasteiger partial charge in [0.1, 0.15) is 6.29 Å². The van der Waals surface area contributed by atoms with E-state index in [4.69, 9.17) is 5.14 Å². The van der Waals surface area contributed by atoms with Crippen molar-refractivity contribution in [3.63, 3.8) is 0 Å². The summed E-state index contributed by atoms with van der Waals surface area (Å²) in [7, 11) is -4.04. The highest BCUT2D eigenvalue weighted by Gasteiger charge is 2.29. The molecule has 0 spiro atoms. The summed E-state index contributed by atoms with van der Waals surface area (Å²) in [6.07, 6.45) is 0.289. The van der Waals surface area contributed by atoms with Crippen LogP contribution < -0.4 is 5.14 Å². The first-order valence-electron chi connectivity index (χ1n) is 5.52. The highest BCUT2D eigenvalue weighted by Crippen LogP contribution is 2.31. The van der Waals surface area contributed by atoms with Crippen molar-refractivity contribution in [1.29, 1.82) is 0 Å². The molecule has 1 aromatic carbocycles. The number of aldehydes is 1. The van der Waals surface area contributed by atoms with Crippen molar-refractivity contribution >= 4 is 16.3 Å². The van der Waals surface area contributed by atoms with Gasteiger partial charge in [0.2, 0.25) is 10.0 Å². The van der Waals surface area contributed by atoms with Crippen molar-refractivity contribution in [2.45, 2.75) is 12.2 Å². The van der Waals surface area contributed by atoms with E-state index in [9.17, 15) is 13.2 Å². The molecule has 6 nitrogen and oxygen atoms in total. The summed E-state index contributed by atoms with van der Waals surface area (Å²) >= 11 is 0. The average Bonchev–Trinajstić information content (AvgIpc) is 2.71. The fraction of sp³-hybridized carbons (Fsp3) is 0.167. The third-order valence-corrected chi connectivity index (χ3v) is 3.83. The molecule has 2 aromatic rings. The Balaban J connectivity index is 2.65. The molecule has 0 aliphatic rings. The SMILES string of the molecule is Cc1[nH]nc(C(C=O)S(N)(=O)=O)c1-c1ccccc1. The fourth-order valence-electron chi connectivity index (χ4n) is 1.92. The first-order valence-corrected chi connectivity index (χ1v) is 7.13. The topological polar surface area (TPSA) is 106 Å². The van der Waals surface area contributed by atoms with Crippen LogP contribution in [0.5, 0.6) is 0 Å². The molecule has 1 unspecified atom stereocenters. The zero-order valence-corrected chi connectivity index (χ0v) is 11.0. The number of nitrogens with zero attached hydrogens (tertiary/aromatic N) is 1. The summed E-state index contributed by atoms with van der Waals surface area (Å²) < 4.78 is 22.9. The molecule has 1 heterocycles. The Bertz CT molecular complexity index is 692. The van der Waals surface area contributed by atoms with Gasteiger partial charge in [-0.3, -0.25) is 5.10 Å². The summed E-state index contributed by atoms with van der Waals surface area (Å²) in [6, 6.07) is 9.10. The number of hydrogen-bond donors (Lipinski definition) is 2. The van der Waals surface area contributed by atoms with Crippen molar-refractivity contribution in [2.75, 3.05) is 0 Å². The average molecular weight is 279 g/mol. The van der Waals surface area contributed by atoms with Gasteiger partial charge in [0.15, 0.2) is 5.25 Å². The number of nitrogens with one attached hydrogen (secondary N) is 1. The number of aromatic nitrogens is 2. The maximum atomic E-state index is 11.4. The molecule has 1 atom stereocenters. The second-order valence-corrected chi connectivity index (χ2v) is 5.81. The molecule has 0 aliphatic carbocycles. The highest BCUT2D eigenvalue weighted by atomic mass is 32.2. The smallest absolute Gasteiger partial charge is 0.224 e. The van der Waals surface area contributed by atoms with Gasteiger partial charge in [-0.2, -0.15) is 5.10 Å². The minimum absolute atomic E-state index is 0.126. The standard InChI is InChI=1S/C12H13N3O3S/c1-8-11(9-5-3-2-4-6-9)12(15-14-8)10(7-16)19(13,17)18/h2-7,10H,1H3,(H,14,15)(H2,13,17,18). The molecule has 0 aliphatic heterocycles. The second-order valence-electron chi connectivity index (χ2n) is 4.12. The number of aryl methyl sites for hydroxylation is 1. The molecule has 7 heteroatoms. The van der Waals surface area contributed by atoms with E-state index in [1.165, 1.54) is 0 Å². The number of hydrogen-bond acceptors (Lipinski definition) is 4. The maximum Gasteiger partial charge on any atom is 0.224 e. The van der Waals surface area contributed by atoms with Gasteiger partial charge in [-0.1, -0.05) is 30.3 Å². The van der Waals surface area contributed by atoms with E-state index in [0.717, 1.165) is 5.56 Å². The Labute approximate surface area is 110 Å². The Morgan fingerprint density at radius 2 is 1.95 bits per heavy atom. The van der Waals surface area contributed by atoms with Gasteiger partial charge < -0.3 is 4.79 Å². The second kappa shape index (κ2) is 4.94. The monoisotopic (exact) mass is 279 g/mol. The van der Waals surface area contributed by atoms with E-state index < -0.39 is 15.3 Å². The van der Waals surface area contributed by atoms with E-state index >= 15 is 0 Å². The number of benzene rings is 1. The summed E-state index contributed by atoms with van der Waals surface area (Å²) in [4.78, 5) is 11.0. The van der Waals surface area contributed by atoms with Gasteiger partial charge in [-0.15, -0.1) is 0 Å². The molecular weight excluding hydrogens is 266 g/mol. The van der Waals surface area contributed by atoms with E-state index in [0.29, 0.717) is 11.3 Å². The number of aromatic amines is 1. The van der Waals surface area contributed by atoms with E-state index in [2.05, 4.69) is 10.2 Å². The molecule has 1 aromatic heterocycles. The van der Waals surface area contributed by atoms with Crippen LogP contribution in [0.1, 0.15) is 16.6 Å². The van der Waals surface area contributed by atoms with Gasteiger partial charge in [0.05, 0.1) is 5.69 Å². The van der Waals surface area contributed by atoms with Crippen LogP contribution in [0.4, 0.5) is 0 Å². The van der Waals surface area contributed by atoms with Crippen LogP contribution in [0.2, 0.25) is 0 Å². The zero-order valence-electron chi connectivity index (χ0n) is 10.2. The minimum atomic E-state index is -4.04. The van der Waals surface area contributed by atoms with Crippen LogP contribution in [0, 0.1) is 6.92 Å². The lowest BCUT2D eigenvalue weighted by Gasteiger charge is -2.08. The molecular formula is C12H13N3O3S. The molecule has 3 N–H and O–H groups in total. The van der Waals surface area contributed by atoms with Crippen LogP contribution in [0.15, 0.2) is 30.3 Å². The third kappa shape index (κ3) is 2.56. The lowest BCUT2D eigenvalue weighted by atomic mass is 10.0. The first-order chi connectivity index (χ1) is 8.95. The van der Waals surface area contributed by atoms with Crippen molar-refractivity contribution in [3.8, 4) is 11.1 Å². The van der Waals surface area contributed by atoms with Crippen molar-refractivity contribution in [1.82, 2.24) is 10.2 Å². The normalized spacial score (nSPS) is 13.2. The van der Waals surface area contributed by atoms with Crippen molar-refractivity contribution < 1.29 is 13.2 Å². The predicted octanol–water partition coefficient (Wildman–Crippen LogP) is 0.914. The van der Waals surface area contributed by atoms with Gasteiger partial charge in [-0.25, -0.2) is 13.6 Å². The third-order valence-electron chi connectivity index (χ3n) is 2.78. The minimum Gasteiger partial charge on any atom is -0.301 e. The predicted molar refractivity (Wildman–Crippen MR) is 70.7 cm³/mol. The number of sulfonamides is 1. The first kappa shape index (κ1) is 13.4. The molecule has 100 valence electrons. The van der Waals surface area contributed by atoms with Crippen LogP contribution >= 0.6 is 0 Å². The largest absolute Gasteiger partial charge is 0.301 e. The summed E-state index contributed by atoms with van der Waals surface area (Å²) in [5.41, 5.74) is 2.17. The number of H-pyrrole nitrogens is 1. The quantitative estimate of drug-likeness (QED) is 0.811. The fourth-order valence-corrected chi connectivity index (χ4v) is 2.56. The van der Waals surface area contributed by atoms with Gasteiger partial charge >= 0.3 is 0 Å². The summed E-state index contributed by atoms with van der Waals surface area (Å²) in [6.45, 7) is 1.75. The van der Waals surface area contributed by atoms with Crippen molar-refractivity contribution in [2.24, 2.45) is 5.14 Å². The van der Waals surface area contributed by atoms with E-state index in [-0.39, 0.29) is 12.0 Å². The molecule has 0 saturated heterocycles. The number of nitrogens with two attached hydrogens (primary N) is 1. The summed E-state index contributed by atoms with van der Waals surface area (Å²) in [5.74, 6) is 0. The van der Waals surface area contributed by atoms with E-state index in [1.807, 2.05) is 30.3 Å². The summed E-state index contributed by atoms with van der Waals surface area (Å²) in [5, 5.41) is 10.2. The van der Waals surface area contributed by atoms with E-state index in [1.54, 1.807) is 6.92 Å². The number of rotatable bonds is 4. The molecule has 0 bridgehead atoms. The lowest BCUT2D eigenvalue weighted by Crippen LogP contribution is -2.23. The molecule has 19 heavy (non-hydrogen) atoms. The number of carbonyl (C=O) groups excluding carboxylic acids is 1. The van der Waals surface area contributed by atoms with Crippen LogP contribution in [0.25, 0.3) is 11.1 Å². The maximum absolute atomic E-state index is 11.4. The number of primary sulfonamides is 1. The Hall–Kier alpha value is -1.99. The highest BCUT2D eigenvalue weighted by molar-refractivity contribution is 7.90. The molecule has 0 saturated carbocycles. The molecule has 2 rings (SSSR count). The van der Waals surface area contributed by atoms with Crippen LogP contribution in [-0.2, 0) is 14.8 Å². The Kier molecular flexibility index (Phi) is 3.50. The van der Waals surface area contributed by atoms with Gasteiger partial charge in [-0.05, 0) is 12.5 Å². The molecule has 0 fully saturated rings. The zero-order chi connectivity index (χ0) is 14.0. The Morgan fingerprint density at radius 1 is 1.32 bits per heavy atom. The Morgan fingerprint density at radius 3 is 2.47 bits per heavy atom.